The molecule has 0 fully saturated rings. The summed E-state index contributed by atoms with van der Waals surface area (Å²) in [5.41, 5.74) is 6.45. The molecule has 0 atom stereocenters. The van der Waals surface area contributed by atoms with Crippen molar-refractivity contribution in [2.24, 2.45) is 0 Å². The second kappa shape index (κ2) is 4.03. The summed E-state index contributed by atoms with van der Waals surface area (Å²) in [5.74, 6) is 0.871. The maximum absolute atomic E-state index is 5.67. The molecule has 0 saturated heterocycles. The highest BCUT2D eigenvalue weighted by atomic mass is 32.2. The zero-order chi connectivity index (χ0) is 8.10. The Balaban J connectivity index is 2.69. The van der Waals surface area contributed by atoms with Gasteiger partial charge in [0.05, 0.1) is 0 Å². The van der Waals surface area contributed by atoms with Gasteiger partial charge in [0, 0.05) is 28.7 Å². The topological polar surface area (TPSA) is 38.9 Å². The van der Waals surface area contributed by atoms with Gasteiger partial charge < -0.3 is 5.73 Å². The van der Waals surface area contributed by atoms with Gasteiger partial charge in [-0.3, -0.25) is 4.98 Å². The summed E-state index contributed by atoms with van der Waals surface area (Å²) < 4.78 is 0. The molecule has 0 unspecified atom stereocenters. The fourth-order valence-electron chi connectivity index (χ4n) is 0.660. The van der Waals surface area contributed by atoms with Crippen molar-refractivity contribution >= 4 is 17.4 Å². The van der Waals surface area contributed by atoms with Crippen molar-refractivity contribution in [3.05, 3.63) is 31.1 Å². The molecule has 3 heteroatoms. The Morgan fingerprint density at radius 1 is 1.73 bits per heavy atom. The summed E-state index contributed by atoms with van der Waals surface area (Å²) in [6, 6.07) is 1.80. The highest BCUT2D eigenvalue weighted by molar-refractivity contribution is 7.99. The van der Waals surface area contributed by atoms with Gasteiger partial charge in [-0.1, -0.05) is 6.08 Å². The molecule has 11 heavy (non-hydrogen) atoms. The van der Waals surface area contributed by atoms with E-state index in [0.717, 1.165) is 16.3 Å². The monoisotopic (exact) mass is 166 g/mol. The first-order valence-electron chi connectivity index (χ1n) is 3.28. The van der Waals surface area contributed by atoms with E-state index in [0.29, 0.717) is 0 Å². The minimum Gasteiger partial charge on any atom is -0.398 e. The van der Waals surface area contributed by atoms with Crippen LogP contribution in [0.3, 0.4) is 0 Å². The first kappa shape index (κ1) is 8.14. The quantitative estimate of drug-likeness (QED) is 0.551. The number of rotatable bonds is 3. The van der Waals surface area contributed by atoms with Gasteiger partial charge in [-0.2, -0.15) is 0 Å². The maximum atomic E-state index is 5.67. The van der Waals surface area contributed by atoms with Gasteiger partial charge in [-0.25, -0.2) is 0 Å². The molecule has 0 aromatic carbocycles. The molecule has 0 spiro atoms. The lowest BCUT2D eigenvalue weighted by Gasteiger charge is -2.00. The largest absolute Gasteiger partial charge is 0.398 e. The Hall–Kier alpha value is -0.960. The van der Waals surface area contributed by atoms with Crippen LogP contribution in [0.15, 0.2) is 36.0 Å². The zero-order valence-electron chi connectivity index (χ0n) is 6.16. The maximum Gasteiger partial charge on any atom is 0.0489 e. The van der Waals surface area contributed by atoms with E-state index in [1.165, 1.54) is 0 Å². The molecule has 0 aliphatic heterocycles. The Morgan fingerprint density at radius 2 is 2.55 bits per heavy atom. The van der Waals surface area contributed by atoms with Crippen LogP contribution in [0.25, 0.3) is 0 Å². The Morgan fingerprint density at radius 3 is 3.18 bits per heavy atom. The molecule has 58 valence electrons. The highest BCUT2D eigenvalue weighted by Crippen LogP contribution is 2.22. The molecule has 0 radical (unpaired) electrons. The molecule has 2 N–H and O–H groups in total. The van der Waals surface area contributed by atoms with Crippen molar-refractivity contribution in [2.75, 3.05) is 11.5 Å². The summed E-state index contributed by atoms with van der Waals surface area (Å²) in [6.45, 7) is 3.62. The standard InChI is InChI=1S/C8H10N2S/c1-2-5-11-8-6-10-4-3-7(8)9/h2-4,6H,1,5H2,(H2,9,10). The first-order valence-corrected chi connectivity index (χ1v) is 4.26. The fourth-order valence-corrected chi connectivity index (χ4v) is 1.33. The van der Waals surface area contributed by atoms with Crippen molar-refractivity contribution in [1.29, 1.82) is 0 Å². The van der Waals surface area contributed by atoms with Crippen LogP contribution in [-0.2, 0) is 0 Å². The third-order valence-corrected chi connectivity index (χ3v) is 2.23. The number of pyridine rings is 1. The van der Waals surface area contributed by atoms with Crippen LogP contribution in [0.5, 0.6) is 0 Å². The molecule has 0 amide bonds. The third-order valence-electron chi connectivity index (χ3n) is 1.17. The zero-order valence-corrected chi connectivity index (χ0v) is 6.97. The van der Waals surface area contributed by atoms with Crippen LogP contribution < -0.4 is 5.73 Å². The normalized spacial score (nSPS) is 9.45. The van der Waals surface area contributed by atoms with Crippen molar-refractivity contribution in [2.45, 2.75) is 4.90 Å². The molecule has 0 aliphatic rings. The van der Waals surface area contributed by atoms with Gasteiger partial charge in [0.15, 0.2) is 0 Å². The molecular formula is C8H10N2S. The summed E-state index contributed by atoms with van der Waals surface area (Å²) in [7, 11) is 0. The molecule has 0 bridgehead atoms. The lowest BCUT2D eigenvalue weighted by Crippen LogP contribution is -1.88. The Kier molecular flexibility index (Phi) is 2.98. The van der Waals surface area contributed by atoms with E-state index in [9.17, 15) is 0 Å². The van der Waals surface area contributed by atoms with E-state index in [1.807, 2.05) is 6.08 Å². The van der Waals surface area contributed by atoms with Gasteiger partial charge in [0.1, 0.15) is 0 Å². The van der Waals surface area contributed by atoms with Gasteiger partial charge in [-0.15, -0.1) is 18.3 Å². The number of hydrogen-bond acceptors (Lipinski definition) is 3. The van der Waals surface area contributed by atoms with Gasteiger partial charge in [-0.05, 0) is 6.07 Å². The van der Waals surface area contributed by atoms with E-state index in [1.54, 1.807) is 30.2 Å². The molecule has 2 nitrogen and oxygen atoms in total. The number of nitrogens with zero attached hydrogens (tertiary/aromatic N) is 1. The van der Waals surface area contributed by atoms with Crippen molar-refractivity contribution in [3.8, 4) is 0 Å². The smallest absolute Gasteiger partial charge is 0.0489 e. The lowest BCUT2D eigenvalue weighted by molar-refractivity contribution is 1.24. The average Bonchev–Trinajstić information content (AvgIpc) is 2.03. The van der Waals surface area contributed by atoms with E-state index >= 15 is 0 Å². The minimum atomic E-state index is 0.784. The van der Waals surface area contributed by atoms with Crippen LogP contribution in [0.1, 0.15) is 0 Å². The molecule has 1 aromatic heterocycles. The van der Waals surface area contributed by atoms with E-state index in [4.69, 9.17) is 5.73 Å². The van der Waals surface area contributed by atoms with Gasteiger partial charge in [0.2, 0.25) is 0 Å². The minimum absolute atomic E-state index is 0.784. The van der Waals surface area contributed by atoms with E-state index in [-0.39, 0.29) is 0 Å². The molecule has 0 saturated carbocycles. The molecule has 1 heterocycles. The summed E-state index contributed by atoms with van der Waals surface area (Å²) in [4.78, 5) is 4.98. The van der Waals surface area contributed by atoms with Crippen LogP contribution in [0.4, 0.5) is 5.69 Å². The summed E-state index contributed by atoms with van der Waals surface area (Å²) >= 11 is 1.64. The lowest BCUT2D eigenvalue weighted by atomic mass is 10.4. The number of anilines is 1. The van der Waals surface area contributed by atoms with Crippen molar-refractivity contribution in [3.63, 3.8) is 0 Å². The third kappa shape index (κ3) is 2.27. The SMILES string of the molecule is C=CCSc1cnccc1N. The van der Waals surface area contributed by atoms with Crippen molar-refractivity contribution in [1.82, 2.24) is 4.98 Å². The van der Waals surface area contributed by atoms with Gasteiger partial charge >= 0.3 is 0 Å². The number of aromatic nitrogens is 1. The number of nitrogens with two attached hydrogens (primary N) is 1. The van der Waals surface area contributed by atoms with Crippen LogP contribution >= 0.6 is 11.8 Å². The highest BCUT2D eigenvalue weighted by Gasteiger charge is 1.95. The molecule has 0 aliphatic carbocycles. The van der Waals surface area contributed by atoms with Crippen LogP contribution in [0, 0.1) is 0 Å². The first-order chi connectivity index (χ1) is 5.34. The number of nitrogen functional groups attached to an aromatic ring is 1. The second-order valence-corrected chi connectivity index (χ2v) is 3.08. The predicted molar refractivity (Wildman–Crippen MR) is 49.6 cm³/mol. The average molecular weight is 166 g/mol. The number of thioether (sulfide) groups is 1. The van der Waals surface area contributed by atoms with Crippen LogP contribution in [0.2, 0.25) is 0 Å². The molecular weight excluding hydrogens is 156 g/mol. The number of hydrogen-bond donors (Lipinski definition) is 1. The summed E-state index contributed by atoms with van der Waals surface area (Å²) in [5, 5.41) is 0. The second-order valence-electron chi connectivity index (χ2n) is 2.01. The molecule has 1 rings (SSSR count). The van der Waals surface area contributed by atoms with E-state index < -0.39 is 0 Å². The Bertz CT molecular complexity index is 248. The Labute approximate surface area is 70.5 Å². The van der Waals surface area contributed by atoms with E-state index in [2.05, 4.69) is 11.6 Å². The van der Waals surface area contributed by atoms with Crippen molar-refractivity contribution < 1.29 is 0 Å². The fraction of sp³-hybridized carbons (Fsp3) is 0.125. The predicted octanol–water partition coefficient (Wildman–Crippen LogP) is 1.94. The van der Waals surface area contributed by atoms with Crippen LogP contribution in [-0.4, -0.2) is 10.7 Å². The summed E-state index contributed by atoms with van der Waals surface area (Å²) in [6.07, 6.45) is 5.30. The molecule has 1 aromatic rings. The van der Waals surface area contributed by atoms with Gasteiger partial charge in [0.25, 0.3) is 0 Å².